The summed E-state index contributed by atoms with van der Waals surface area (Å²) in [5, 5.41) is 9.03. The molecule has 8 heteroatoms. The number of carbonyl (C=O) groups is 1. The van der Waals surface area contributed by atoms with Crippen LogP contribution in [0.1, 0.15) is 21.7 Å². The number of nitriles is 1. The molecule has 0 atom stereocenters. The van der Waals surface area contributed by atoms with Crippen molar-refractivity contribution in [1.82, 2.24) is 19.0 Å². The largest absolute Gasteiger partial charge is 0.491 e. The Morgan fingerprint density at radius 2 is 1.83 bits per heavy atom. The van der Waals surface area contributed by atoms with Crippen molar-refractivity contribution in [2.45, 2.75) is 13.5 Å². The summed E-state index contributed by atoms with van der Waals surface area (Å²) in [5.74, 6) is 0.518. The minimum absolute atomic E-state index is 0.189. The van der Waals surface area contributed by atoms with Crippen LogP contribution in [0.2, 0.25) is 0 Å². The van der Waals surface area contributed by atoms with Gasteiger partial charge in [0.25, 0.3) is 11.5 Å². The van der Waals surface area contributed by atoms with Crippen LogP contribution < -0.4 is 10.3 Å². The van der Waals surface area contributed by atoms with Gasteiger partial charge in [-0.15, -0.1) is 0 Å². The van der Waals surface area contributed by atoms with Crippen molar-refractivity contribution in [3.8, 4) is 28.6 Å². The molecule has 0 saturated carbocycles. The maximum Gasteiger partial charge on any atom is 0.275 e. The Morgan fingerprint density at radius 1 is 1.03 bits per heavy atom. The SMILES string of the molecule is Cc1cn(-c2ccc3n(c2=O)CCN(CCOc2ccccc2-c2ccc(C#N)cc2)C3=O)cn1. The summed E-state index contributed by atoms with van der Waals surface area (Å²) in [7, 11) is 0. The molecular weight excluding hydrogens is 442 g/mol. The van der Waals surface area contributed by atoms with Crippen LogP contribution in [0.3, 0.4) is 0 Å². The van der Waals surface area contributed by atoms with Gasteiger partial charge in [0.05, 0.1) is 30.2 Å². The third-order valence-electron chi connectivity index (χ3n) is 6.07. The molecule has 0 bridgehead atoms. The molecule has 2 aromatic carbocycles. The molecule has 35 heavy (non-hydrogen) atoms. The lowest BCUT2D eigenvalue weighted by molar-refractivity contribution is 0.0673. The van der Waals surface area contributed by atoms with Crippen LogP contribution in [0.5, 0.6) is 5.75 Å². The van der Waals surface area contributed by atoms with E-state index in [1.54, 1.807) is 46.3 Å². The molecule has 174 valence electrons. The third-order valence-corrected chi connectivity index (χ3v) is 6.07. The fourth-order valence-electron chi connectivity index (χ4n) is 4.24. The zero-order valence-corrected chi connectivity index (χ0v) is 19.2. The standard InChI is InChI=1S/C27H23N5O3/c1-19-17-31(18-29-19)23-10-11-24-26(33)30(12-13-32(24)27(23)34)14-15-35-25-5-3-2-4-22(25)21-8-6-20(16-28)7-9-21/h2-11,17-18H,12-15H2,1H3. The maximum absolute atomic E-state index is 13.1. The van der Waals surface area contributed by atoms with Gasteiger partial charge in [-0.2, -0.15) is 5.26 Å². The van der Waals surface area contributed by atoms with E-state index in [0.29, 0.717) is 48.9 Å². The van der Waals surface area contributed by atoms with Crippen molar-refractivity contribution >= 4 is 5.91 Å². The molecule has 3 heterocycles. The second-order valence-electron chi connectivity index (χ2n) is 8.31. The molecule has 0 saturated heterocycles. The summed E-state index contributed by atoms with van der Waals surface area (Å²) in [5.41, 5.74) is 3.92. The first-order chi connectivity index (χ1) is 17.0. The maximum atomic E-state index is 13.1. The molecule has 1 aliphatic rings. The van der Waals surface area contributed by atoms with E-state index in [2.05, 4.69) is 11.1 Å². The molecule has 5 rings (SSSR count). The Morgan fingerprint density at radius 3 is 2.57 bits per heavy atom. The third kappa shape index (κ3) is 4.32. The lowest BCUT2D eigenvalue weighted by Crippen LogP contribution is -2.46. The van der Waals surface area contributed by atoms with Crippen molar-refractivity contribution < 1.29 is 9.53 Å². The van der Waals surface area contributed by atoms with Gasteiger partial charge in [0, 0.05) is 24.8 Å². The first-order valence-corrected chi connectivity index (χ1v) is 11.3. The minimum Gasteiger partial charge on any atom is -0.491 e. The number of rotatable bonds is 6. The summed E-state index contributed by atoms with van der Waals surface area (Å²) >= 11 is 0. The van der Waals surface area contributed by atoms with Crippen LogP contribution in [0, 0.1) is 18.3 Å². The molecule has 0 unspecified atom stereocenters. The Hall–Kier alpha value is -4.64. The van der Waals surface area contributed by atoms with Crippen LogP contribution >= 0.6 is 0 Å². The van der Waals surface area contributed by atoms with E-state index in [1.165, 1.54) is 4.57 Å². The molecule has 0 aliphatic carbocycles. The van der Waals surface area contributed by atoms with Crippen molar-refractivity contribution in [2.75, 3.05) is 19.7 Å². The summed E-state index contributed by atoms with van der Waals surface area (Å²) in [6, 6.07) is 20.5. The van der Waals surface area contributed by atoms with Gasteiger partial charge < -0.3 is 18.8 Å². The van der Waals surface area contributed by atoms with Crippen molar-refractivity contribution in [3.05, 3.63) is 100 Å². The van der Waals surface area contributed by atoms with Gasteiger partial charge >= 0.3 is 0 Å². The predicted molar refractivity (Wildman–Crippen MR) is 131 cm³/mol. The molecule has 0 N–H and O–H groups in total. The highest BCUT2D eigenvalue weighted by Crippen LogP contribution is 2.30. The van der Waals surface area contributed by atoms with Crippen LogP contribution in [-0.2, 0) is 6.54 Å². The molecular formula is C27H23N5O3. The van der Waals surface area contributed by atoms with Crippen LogP contribution in [-0.4, -0.2) is 44.6 Å². The highest BCUT2D eigenvalue weighted by Gasteiger charge is 2.26. The minimum atomic E-state index is -0.208. The number of pyridine rings is 1. The fourth-order valence-corrected chi connectivity index (χ4v) is 4.24. The Labute approximate surface area is 202 Å². The predicted octanol–water partition coefficient (Wildman–Crippen LogP) is 3.42. The highest BCUT2D eigenvalue weighted by molar-refractivity contribution is 5.93. The highest BCUT2D eigenvalue weighted by atomic mass is 16.5. The smallest absolute Gasteiger partial charge is 0.275 e. The van der Waals surface area contributed by atoms with E-state index in [0.717, 1.165) is 16.8 Å². The second-order valence-corrected chi connectivity index (χ2v) is 8.31. The number of amides is 1. The van der Waals surface area contributed by atoms with E-state index in [1.807, 2.05) is 43.3 Å². The molecule has 0 fully saturated rings. The lowest BCUT2D eigenvalue weighted by Gasteiger charge is -2.29. The number of aromatic nitrogens is 3. The molecule has 1 amide bonds. The summed E-state index contributed by atoms with van der Waals surface area (Å²) < 4.78 is 9.27. The van der Waals surface area contributed by atoms with Crippen molar-refractivity contribution in [2.24, 2.45) is 0 Å². The fraction of sp³-hybridized carbons (Fsp3) is 0.185. The number of imidazole rings is 1. The lowest BCUT2D eigenvalue weighted by atomic mass is 10.0. The second kappa shape index (κ2) is 9.31. The van der Waals surface area contributed by atoms with Gasteiger partial charge in [0.15, 0.2) is 0 Å². The number of hydrogen-bond donors (Lipinski definition) is 0. The number of ether oxygens (including phenoxy) is 1. The van der Waals surface area contributed by atoms with Crippen LogP contribution in [0.25, 0.3) is 16.8 Å². The Bertz CT molecular complexity index is 1490. The monoisotopic (exact) mass is 465 g/mol. The average molecular weight is 466 g/mol. The average Bonchev–Trinajstić information content (AvgIpc) is 3.32. The number of hydrogen-bond acceptors (Lipinski definition) is 5. The van der Waals surface area contributed by atoms with E-state index < -0.39 is 0 Å². The molecule has 0 spiro atoms. The molecule has 0 radical (unpaired) electrons. The first-order valence-electron chi connectivity index (χ1n) is 11.3. The quantitative estimate of drug-likeness (QED) is 0.435. The van der Waals surface area contributed by atoms with Crippen LogP contribution in [0.15, 0.2) is 78.0 Å². The number of para-hydroxylation sites is 1. The number of benzene rings is 2. The first kappa shape index (κ1) is 22.2. The van der Waals surface area contributed by atoms with Gasteiger partial charge in [0.2, 0.25) is 0 Å². The van der Waals surface area contributed by atoms with Gasteiger partial charge in [-0.3, -0.25) is 9.59 Å². The van der Waals surface area contributed by atoms with Gasteiger partial charge in [-0.05, 0) is 42.8 Å². The van der Waals surface area contributed by atoms with Crippen molar-refractivity contribution in [1.29, 1.82) is 5.26 Å². The molecule has 2 aromatic heterocycles. The van der Waals surface area contributed by atoms with E-state index in [9.17, 15) is 9.59 Å². The number of nitrogens with zero attached hydrogens (tertiary/aromatic N) is 5. The topological polar surface area (TPSA) is 93.2 Å². The molecule has 1 aliphatic heterocycles. The zero-order chi connectivity index (χ0) is 24.4. The normalized spacial score (nSPS) is 12.8. The van der Waals surface area contributed by atoms with E-state index in [4.69, 9.17) is 10.00 Å². The van der Waals surface area contributed by atoms with E-state index >= 15 is 0 Å². The summed E-state index contributed by atoms with van der Waals surface area (Å²) in [6.07, 6.45) is 3.39. The number of fused-ring (bicyclic) bond motifs is 1. The Kier molecular flexibility index (Phi) is 5.90. The zero-order valence-electron chi connectivity index (χ0n) is 19.2. The van der Waals surface area contributed by atoms with Gasteiger partial charge in [-0.25, -0.2) is 4.98 Å². The van der Waals surface area contributed by atoms with Gasteiger partial charge in [0.1, 0.15) is 23.7 Å². The van der Waals surface area contributed by atoms with Crippen molar-refractivity contribution in [3.63, 3.8) is 0 Å². The Balaban J connectivity index is 1.28. The van der Waals surface area contributed by atoms with Gasteiger partial charge in [-0.1, -0.05) is 30.3 Å². The van der Waals surface area contributed by atoms with E-state index in [-0.39, 0.29) is 11.5 Å². The molecule has 4 aromatic rings. The number of carbonyl (C=O) groups excluding carboxylic acids is 1. The summed E-state index contributed by atoms with van der Waals surface area (Å²) in [4.78, 5) is 32.0. The molecule has 8 nitrogen and oxygen atoms in total. The summed E-state index contributed by atoms with van der Waals surface area (Å²) in [6.45, 7) is 3.42. The number of aryl methyl sites for hydroxylation is 1. The van der Waals surface area contributed by atoms with Crippen LogP contribution in [0.4, 0.5) is 0 Å².